The highest BCUT2D eigenvalue weighted by Crippen LogP contribution is 2.17. The minimum absolute atomic E-state index is 0.638. The average Bonchev–Trinajstić information content (AvgIpc) is 2.42. The molecule has 0 radical (unpaired) electrons. The van der Waals surface area contributed by atoms with E-state index in [1.165, 1.54) is 25.0 Å². The fourth-order valence-corrected chi connectivity index (χ4v) is 3.01. The summed E-state index contributed by atoms with van der Waals surface area (Å²) < 4.78 is 1.05. The standard InChI is InChI=1S/C15H24BrN3/c1-3-5-13-10-19(15(4-2)9-18-13)11-14-7-6-12(16)8-17-14/h6-8,13,15,18H,3-5,9-11H2,1-2H3. The molecule has 0 spiro atoms. The molecular formula is C15H24BrN3. The normalized spacial score (nSPS) is 24.6. The van der Waals surface area contributed by atoms with Gasteiger partial charge in [0.15, 0.2) is 0 Å². The molecule has 106 valence electrons. The Morgan fingerprint density at radius 3 is 2.89 bits per heavy atom. The van der Waals surface area contributed by atoms with Crippen LogP contribution in [0, 0.1) is 0 Å². The summed E-state index contributed by atoms with van der Waals surface area (Å²) in [6, 6.07) is 5.48. The molecule has 1 N–H and O–H groups in total. The van der Waals surface area contributed by atoms with Crippen LogP contribution in [0.15, 0.2) is 22.8 Å². The molecule has 0 amide bonds. The highest BCUT2D eigenvalue weighted by Gasteiger charge is 2.26. The summed E-state index contributed by atoms with van der Waals surface area (Å²) in [7, 11) is 0. The molecule has 0 aromatic carbocycles. The third-order valence-corrected chi connectivity index (χ3v) is 4.34. The number of aromatic nitrogens is 1. The lowest BCUT2D eigenvalue weighted by Gasteiger charge is -2.40. The lowest BCUT2D eigenvalue weighted by molar-refractivity contribution is 0.114. The zero-order chi connectivity index (χ0) is 13.7. The zero-order valence-corrected chi connectivity index (χ0v) is 13.5. The number of hydrogen-bond acceptors (Lipinski definition) is 3. The summed E-state index contributed by atoms with van der Waals surface area (Å²) in [4.78, 5) is 7.09. The molecule has 2 unspecified atom stereocenters. The second-order valence-electron chi connectivity index (χ2n) is 5.35. The van der Waals surface area contributed by atoms with Crippen molar-refractivity contribution in [3.05, 3.63) is 28.5 Å². The van der Waals surface area contributed by atoms with Gasteiger partial charge in [0.1, 0.15) is 0 Å². The molecule has 1 aromatic heterocycles. The van der Waals surface area contributed by atoms with Gasteiger partial charge in [-0.25, -0.2) is 0 Å². The van der Waals surface area contributed by atoms with Crippen LogP contribution < -0.4 is 5.32 Å². The topological polar surface area (TPSA) is 28.2 Å². The van der Waals surface area contributed by atoms with Crippen LogP contribution in [0.4, 0.5) is 0 Å². The predicted molar refractivity (Wildman–Crippen MR) is 83.1 cm³/mol. The van der Waals surface area contributed by atoms with Gasteiger partial charge in [-0.05, 0) is 40.9 Å². The molecule has 19 heavy (non-hydrogen) atoms. The minimum atomic E-state index is 0.638. The van der Waals surface area contributed by atoms with Crippen molar-refractivity contribution in [1.82, 2.24) is 15.2 Å². The molecule has 2 atom stereocenters. The van der Waals surface area contributed by atoms with E-state index < -0.39 is 0 Å². The fraction of sp³-hybridized carbons (Fsp3) is 0.667. The third kappa shape index (κ3) is 4.26. The summed E-state index contributed by atoms with van der Waals surface area (Å²) in [5.74, 6) is 0. The van der Waals surface area contributed by atoms with Crippen LogP contribution in [0.25, 0.3) is 0 Å². The Hall–Kier alpha value is -0.450. The van der Waals surface area contributed by atoms with Gasteiger partial charge in [-0.1, -0.05) is 20.3 Å². The van der Waals surface area contributed by atoms with Gasteiger partial charge in [-0.3, -0.25) is 9.88 Å². The van der Waals surface area contributed by atoms with Crippen molar-refractivity contribution in [2.24, 2.45) is 0 Å². The minimum Gasteiger partial charge on any atom is -0.311 e. The summed E-state index contributed by atoms with van der Waals surface area (Å²) >= 11 is 3.44. The zero-order valence-electron chi connectivity index (χ0n) is 11.9. The van der Waals surface area contributed by atoms with Crippen LogP contribution in [-0.4, -0.2) is 35.1 Å². The maximum absolute atomic E-state index is 4.50. The molecule has 4 heteroatoms. The Morgan fingerprint density at radius 2 is 2.26 bits per heavy atom. The average molecular weight is 326 g/mol. The van der Waals surface area contributed by atoms with Gasteiger partial charge in [0.25, 0.3) is 0 Å². The maximum atomic E-state index is 4.50. The summed E-state index contributed by atoms with van der Waals surface area (Å²) in [6.07, 6.45) is 5.60. The summed E-state index contributed by atoms with van der Waals surface area (Å²) in [5, 5.41) is 3.68. The molecule has 1 saturated heterocycles. The third-order valence-electron chi connectivity index (χ3n) is 3.88. The smallest absolute Gasteiger partial charge is 0.0544 e. The Bertz CT molecular complexity index is 379. The monoisotopic (exact) mass is 325 g/mol. The highest BCUT2D eigenvalue weighted by atomic mass is 79.9. The number of nitrogens with one attached hydrogen (secondary N) is 1. The Labute approximate surface area is 124 Å². The van der Waals surface area contributed by atoms with Gasteiger partial charge in [0.05, 0.1) is 5.69 Å². The first kappa shape index (κ1) is 14.9. The number of nitrogens with zero attached hydrogens (tertiary/aromatic N) is 2. The van der Waals surface area contributed by atoms with Crippen LogP contribution in [0.2, 0.25) is 0 Å². The van der Waals surface area contributed by atoms with Crippen LogP contribution in [0.3, 0.4) is 0 Å². The van der Waals surface area contributed by atoms with E-state index in [1.807, 2.05) is 6.20 Å². The van der Waals surface area contributed by atoms with Crippen molar-refractivity contribution in [3.63, 3.8) is 0 Å². The number of rotatable bonds is 5. The second-order valence-corrected chi connectivity index (χ2v) is 6.27. The molecule has 1 aromatic rings. The van der Waals surface area contributed by atoms with Crippen molar-refractivity contribution in [2.45, 2.75) is 51.7 Å². The van der Waals surface area contributed by atoms with E-state index in [1.54, 1.807) is 0 Å². The van der Waals surface area contributed by atoms with Gasteiger partial charge in [-0.15, -0.1) is 0 Å². The van der Waals surface area contributed by atoms with Gasteiger partial charge in [0.2, 0.25) is 0 Å². The second kappa shape index (κ2) is 7.36. The van der Waals surface area contributed by atoms with Crippen LogP contribution >= 0.6 is 15.9 Å². The van der Waals surface area contributed by atoms with Gasteiger partial charge in [-0.2, -0.15) is 0 Å². The van der Waals surface area contributed by atoms with E-state index in [0.717, 1.165) is 24.1 Å². The molecular weight excluding hydrogens is 302 g/mol. The predicted octanol–water partition coefficient (Wildman–Crippen LogP) is 3.20. The molecule has 3 nitrogen and oxygen atoms in total. The molecule has 0 bridgehead atoms. The van der Waals surface area contributed by atoms with Crippen molar-refractivity contribution in [2.75, 3.05) is 13.1 Å². The first-order valence-electron chi connectivity index (χ1n) is 7.30. The summed E-state index contributed by atoms with van der Waals surface area (Å²) in [5.41, 5.74) is 1.17. The van der Waals surface area contributed by atoms with Crippen molar-refractivity contribution in [1.29, 1.82) is 0 Å². The Morgan fingerprint density at radius 1 is 1.42 bits per heavy atom. The molecule has 1 fully saturated rings. The van der Waals surface area contributed by atoms with Crippen molar-refractivity contribution < 1.29 is 0 Å². The first-order chi connectivity index (χ1) is 9.22. The van der Waals surface area contributed by atoms with Crippen LogP contribution in [-0.2, 0) is 6.54 Å². The molecule has 1 aliphatic heterocycles. The SMILES string of the molecule is CCCC1CN(Cc2ccc(Br)cn2)C(CC)CN1. The quantitative estimate of drug-likeness (QED) is 0.901. The highest BCUT2D eigenvalue weighted by molar-refractivity contribution is 9.10. The maximum Gasteiger partial charge on any atom is 0.0544 e. The summed E-state index contributed by atoms with van der Waals surface area (Å²) in [6.45, 7) is 7.75. The number of halogens is 1. The van der Waals surface area contributed by atoms with E-state index in [4.69, 9.17) is 0 Å². The largest absolute Gasteiger partial charge is 0.311 e. The molecule has 2 rings (SSSR count). The van der Waals surface area contributed by atoms with E-state index >= 15 is 0 Å². The lowest BCUT2D eigenvalue weighted by Crippen LogP contribution is -2.55. The van der Waals surface area contributed by atoms with Crippen molar-refractivity contribution in [3.8, 4) is 0 Å². The van der Waals surface area contributed by atoms with E-state index in [0.29, 0.717) is 12.1 Å². The Kier molecular flexibility index (Phi) is 5.79. The van der Waals surface area contributed by atoms with Gasteiger partial charge >= 0.3 is 0 Å². The number of piperazine rings is 1. The molecule has 0 saturated carbocycles. The Balaban J connectivity index is 1.99. The van der Waals surface area contributed by atoms with Gasteiger partial charge < -0.3 is 5.32 Å². The first-order valence-corrected chi connectivity index (χ1v) is 8.10. The lowest BCUT2D eigenvalue weighted by atomic mass is 10.0. The van der Waals surface area contributed by atoms with E-state index in [9.17, 15) is 0 Å². The number of hydrogen-bond donors (Lipinski definition) is 1. The van der Waals surface area contributed by atoms with E-state index in [-0.39, 0.29) is 0 Å². The molecule has 0 aliphatic carbocycles. The van der Waals surface area contributed by atoms with Crippen molar-refractivity contribution >= 4 is 15.9 Å². The number of pyridine rings is 1. The van der Waals surface area contributed by atoms with Crippen LogP contribution in [0.5, 0.6) is 0 Å². The van der Waals surface area contributed by atoms with E-state index in [2.05, 4.69) is 57.1 Å². The molecule has 2 heterocycles. The van der Waals surface area contributed by atoms with Gasteiger partial charge in [0, 0.05) is 42.4 Å². The van der Waals surface area contributed by atoms with Crippen LogP contribution in [0.1, 0.15) is 38.8 Å². The molecule has 1 aliphatic rings. The fourth-order valence-electron chi connectivity index (χ4n) is 2.77.